The van der Waals surface area contributed by atoms with Crippen LogP contribution in [0.4, 0.5) is 5.69 Å². The van der Waals surface area contributed by atoms with Crippen molar-refractivity contribution in [3.8, 4) is 11.3 Å². The van der Waals surface area contributed by atoms with Crippen LogP contribution in [0.25, 0.3) is 11.3 Å². The molecule has 0 N–H and O–H groups in total. The lowest BCUT2D eigenvalue weighted by molar-refractivity contribution is -0.227. The van der Waals surface area contributed by atoms with Crippen LogP contribution in [0.2, 0.25) is 0 Å². The topological polar surface area (TPSA) is 85.6 Å². The van der Waals surface area contributed by atoms with Crippen molar-refractivity contribution < 1.29 is 14.3 Å². The molecule has 2 aliphatic heterocycles. The van der Waals surface area contributed by atoms with Crippen molar-refractivity contribution in [1.82, 2.24) is 24.9 Å². The molecule has 5 rings (SSSR count). The summed E-state index contributed by atoms with van der Waals surface area (Å²) in [5.74, 6) is 0.0981. The summed E-state index contributed by atoms with van der Waals surface area (Å²) in [5, 5.41) is 8.62. The molecule has 1 aromatic carbocycles. The number of amides is 1. The first-order valence-corrected chi connectivity index (χ1v) is 12.0. The number of pyridine rings is 1. The molecule has 2 fully saturated rings. The quantitative estimate of drug-likeness (QED) is 0.541. The molecule has 0 spiro atoms. The highest BCUT2D eigenvalue weighted by molar-refractivity contribution is 5.96. The Hall–Kier alpha value is -3.14. The van der Waals surface area contributed by atoms with E-state index >= 15 is 0 Å². The summed E-state index contributed by atoms with van der Waals surface area (Å²) in [6.07, 6.45) is 3.38. The molecule has 1 amide bonds. The molecule has 0 radical (unpaired) electrons. The fourth-order valence-corrected chi connectivity index (χ4v) is 4.45. The Labute approximate surface area is 205 Å². The monoisotopic (exact) mass is 476 g/mol. The molecule has 35 heavy (non-hydrogen) atoms. The molecule has 0 atom stereocenters. The number of carbonyl (C=O) groups excluding carboxylic acids is 1. The lowest BCUT2D eigenvalue weighted by Gasteiger charge is -2.34. The molecule has 9 heteroatoms. The van der Waals surface area contributed by atoms with E-state index in [0.717, 1.165) is 34.7 Å². The summed E-state index contributed by atoms with van der Waals surface area (Å²) in [7, 11) is 0. The summed E-state index contributed by atoms with van der Waals surface area (Å²) < 4.78 is 13.4. The van der Waals surface area contributed by atoms with E-state index in [-0.39, 0.29) is 17.6 Å². The first-order chi connectivity index (χ1) is 16.9. The van der Waals surface area contributed by atoms with Gasteiger partial charge in [0.2, 0.25) is 5.91 Å². The van der Waals surface area contributed by atoms with Crippen LogP contribution in [0.1, 0.15) is 25.1 Å². The zero-order valence-corrected chi connectivity index (χ0v) is 20.6. The number of ether oxygens (including phenoxy) is 2. The minimum atomic E-state index is -0.316. The van der Waals surface area contributed by atoms with Gasteiger partial charge < -0.3 is 14.4 Å². The molecule has 0 bridgehead atoms. The molecule has 9 nitrogen and oxygen atoms in total. The molecule has 0 unspecified atom stereocenters. The number of aryl methyl sites for hydroxylation is 1. The largest absolute Gasteiger partial charge is 0.350 e. The van der Waals surface area contributed by atoms with Gasteiger partial charge in [-0.3, -0.25) is 14.7 Å². The molecule has 0 saturated carbocycles. The summed E-state index contributed by atoms with van der Waals surface area (Å²) in [4.78, 5) is 21.3. The third-order valence-corrected chi connectivity index (χ3v) is 6.40. The number of hydrogen-bond donors (Lipinski definition) is 0. The van der Waals surface area contributed by atoms with Gasteiger partial charge in [0, 0.05) is 42.5 Å². The van der Waals surface area contributed by atoms with Crippen LogP contribution in [-0.4, -0.2) is 69.9 Å². The van der Waals surface area contributed by atoms with E-state index in [0.29, 0.717) is 39.4 Å². The minimum Gasteiger partial charge on any atom is -0.350 e. The van der Waals surface area contributed by atoms with Gasteiger partial charge in [-0.2, -0.15) is 0 Å². The second-order valence-corrected chi connectivity index (χ2v) is 10.1. The van der Waals surface area contributed by atoms with Crippen molar-refractivity contribution in [2.75, 3.05) is 37.7 Å². The van der Waals surface area contributed by atoms with Crippen molar-refractivity contribution in [1.29, 1.82) is 0 Å². The number of anilines is 1. The van der Waals surface area contributed by atoms with Gasteiger partial charge in [-0.1, -0.05) is 31.2 Å². The first-order valence-electron chi connectivity index (χ1n) is 12.0. The average Bonchev–Trinajstić information content (AvgIpc) is 3.29. The van der Waals surface area contributed by atoms with Gasteiger partial charge in [-0.05, 0) is 36.8 Å². The Morgan fingerprint density at radius 2 is 1.94 bits per heavy atom. The third-order valence-electron chi connectivity index (χ3n) is 6.40. The van der Waals surface area contributed by atoms with Gasteiger partial charge in [0.15, 0.2) is 6.29 Å². The van der Waals surface area contributed by atoms with Crippen LogP contribution in [0.5, 0.6) is 0 Å². The van der Waals surface area contributed by atoms with Crippen LogP contribution in [0.15, 0.2) is 48.8 Å². The van der Waals surface area contributed by atoms with Gasteiger partial charge in [0.1, 0.15) is 5.69 Å². The summed E-state index contributed by atoms with van der Waals surface area (Å²) in [6, 6.07) is 11.9. The molecular weight excluding hydrogens is 444 g/mol. The number of piperazine rings is 1. The molecule has 0 aliphatic carbocycles. The molecule has 2 saturated heterocycles. The summed E-state index contributed by atoms with van der Waals surface area (Å²) in [5.41, 5.74) is 4.76. The van der Waals surface area contributed by atoms with Crippen molar-refractivity contribution in [2.24, 2.45) is 5.41 Å². The highest BCUT2D eigenvalue weighted by atomic mass is 16.7. The Bertz CT molecular complexity index is 1170. The highest BCUT2D eigenvalue weighted by Crippen LogP contribution is 2.28. The maximum Gasteiger partial charge on any atom is 0.241 e. The SMILES string of the molecule is Cc1cc(N2CCN(Cc3ccccn3)CC2=O)ccc1-c1cn(CC2OCC(C)(C)CO2)nn1. The Morgan fingerprint density at radius 1 is 1.11 bits per heavy atom. The fourth-order valence-electron chi connectivity index (χ4n) is 4.45. The first kappa shape index (κ1) is 23.6. The predicted octanol–water partition coefficient (Wildman–Crippen LogP) is 2.90. The van der Waals surface area contributed by atoms with Crippen molar-refractivity contribution in [3.05, 3.63) is 60.0 Å². The summed E-state index contributed by atoms with van der Waals surface area (Å²) in [6.45, 7) is 10.6. The van der Waals surface area contributed by atoms with Crippen LogP contribution in [0, 0.1) is 12.3 Å². The molecule has 2 aromatic heterocycles. The normalized spacial score (nSPS) is 19.3. The third kappa shape index (κ3) is 5.58. The Morgan fingerprint density at radius 3 is 2.66 bits per heavy atom. The van der Waals surface area contributed by atoms with Gasteiger partial charge in [-0.25, -0.2) is 4.68 Å². The van der Waals surface area contributed by atoms with E-state index in [1.165, 1.54) is 0 Å². The lowest BCUT2D eigenvalue weighted by Crippen LogP contribution is -2.50. The van der Waals surface area contributed by atoms with E-state index in [1.807, 2.05) is 48.4 Å². The lowest BCUT2D eigenvalue weighted by atomic mass is 9.96. The Balaban J connectivity index is 1.21. The van der Waals surface area contributed by atoms with Crippen molar-refractivity contribution in [3.63, 3.8) is 0 Å². The van der Waals surface area contributed by atoms with Gasteiger partial charge in [0.05, 0.1) is 38.2 Å². The zero-order chi connectivity index (χ0) is 24.4. The molecule has 184 valence electrons. The standard InChI is InChI=1S/C26H32N6O3/c1-19-12-21(32-11-10-30(15-24(32)33)13-20-6-4-5-9-27-20)7-8-22(19)23-14-31(29-28-23)16-25-34-17-26(2,3)18-35-25/h4-9,12,14,25H,10-11,13,15-18H2,1-3H3. The molecular formula is C26H32N6O3. The van der Waals surface area contributed by atoms with Crippen molar-refractivity contribution >= 4 is 11.6 Å². The minimum absolute atomic E-state index is 0.0377. The van der Waals surface area contributed by atoms with E-state index in [9.17, 15) is 4.79 Å². The Kier molecular flexibility index (Phi) is 6.64. The average molecular weight is 477 g/mol. The molecule has 2 aliphatic rings. The van der Waals surface area contributed by atoms with Crippen LogP contribution in [-0.2, 0) is 27.4 Å². The van der Waals surface area contributed by atoms with Crippen LogP contribution < -0.4 is 4.90 Å². The zero-order valence-electron chi connectivity index (χ0n) is 20.6. The van der Waals surface area contributed by atoms with Crippen molar-refractivity contribution in [2.45, 2.75) is 40.2 Å². The number of carbonyl (C=O) groups is 1. The van der Waals surface area contributed by atoms with Gasteiger partial charge in [0.25, 0.3) is 0 Å². The maximum atomic E-state index is 12.9. The number of nitrogens with zero attached hydrogens (tertiary/aromatic N) is 6. The fraction of sp³-hybridized carbons (Fsp3) is 0.462. The number of benzene rings is 1. The van der Waals surface area contributed by atoms with E-state index in [1.54, 1.807) is 10.9 Å². The second-order valence-electron chi connectivity index (χ2n) is 10.1. The van der Waals surface area contributed by atoms with Crippen LogP contribution >= 0.6 is 0 Å². The predicted molar refractivity (Wildman–Crippen MR) is 132 cm³/mol. The van der Waals surface area contributed by atoms with Gasteiger partial charge >= 0.3 is 0 Å². The van der Waals surface area contributed by atoms with E-state index in [2.05, 4.69) is 40.1 Å². The number of aromatic nitrogens is 4. The second kappa shape index (κ2) is 9.85. The maximum absolute atomic E-state index is 12.9. The smallest absolute Gasteiger partial charge is 0.241 e. The number of hydrogen-bond acceptors (Lipinski definition) is 7. The highest BCUT2D eigenvalue weighted by Gasteiger charge is 2.29. The molecule has 3 aromatic rings. The summed E-state index contributed by atoms with van der Waals surface area (Å²) >= 11 is 0. The van der Waals surface area contributed by atoms with E-state index in [4.69, 9.17) is 9.47 Å². The molecule has 4 heterocycles. The van der Waals surface area contributed by atoms with Gasteiger partial charge in [-0.15, -0.1) is 5.10 Å². The number of rotatable bonds is 6. The van der Waals surface area contributed by atoms with E-state index < -0.39 is 0 Å². The van der Waals surface area contributed by atoms with Crippen LogP contribution in [0.3, 0.4) is 0 Å².